The summed E-state index contributed by atoms with van der Waals surface area (Å²) < 4.78 is 3.02. The van der Waals surface area contributed by atoms with Gasteiger partial charge in [-0.2, -0.15) is 0 Å². The average Bonchev–Trinajstić information content (AvgIpc) is 2.77. The molecule has 108 valence electrons. The summed E-state index contributed by atoms with van der Waals surface area (Å²) in [5.41, 5.74) is 3.62. The third kappa shape index (κ3) is 2.68. The van der Waals surface area contributed by atoms with Gasteiger partial charge in [0.15, 0.2) is 5.65 Å². The van der Waals surface area contributed by atoms with Gasteiger partial charge in [-0.3, -0.25) is 4.57 Å². The summed E-state index contributed by atoms with van der Waals surface area (Å²) >= 11 is 15.8. The molecule has 0 aliphatic rings. The maximum absolute atomic E-state index is 6.30. The maximum atomic E-state index is 6.30. The van der Waals surface area contributed by atoms with Gasteiger partial charge in [0.1, 0.15) is 11.3 Å². The van der Waals surface area contributed by atoms with Crippen LogP contribution in [-0.4, -0.2) is 14.5 Å². The molecular weight excluding hydrogens is 373 g/mol. The molecule has 1 aromatic carbocycles. The highest BCUT2D eigenvalue weighted by molar-refractivity contribution is 9.10. The fourth-order valence-electron chi connectivity index (χ4n) is 2.33. The van der Waals surface area contributed by atoms with E-state index in [1.807, 2.05) is 30.5 Å². The lowest BCUT2D eigenvalue weighted by molar-refractivity contribution is 0.872. The van der Waals surface area contributed by atoms with Gasteiger partial charge in [-0.1, -0.05) is 27.5 Å². The van der Waals surface area contributed by atoms with Gasteiger partial charge in [0.2, 0.25) is 0 Å². The Morgan fingerprint density at radius 3 is 2.71 bits per heavy atom. The van der Waals surface area contributed by atoms with Crippen LogP contribution in [0, 0.1) is 6.92 Å². The monoisotopic (exact) mass is 383 g/mol. The molecule has 2 heterocycles. The van der Waals surface area contributed by atoms with Gasteiger partial charge < -0.3 is 0 Å². The lowest BCUT2D eigenvalue weighted by Crippen LogP contribution is -2.04. The van der Waals surface area contributed by atoms with Crippen molar-refractivity contribution in [3.05, 3.63) is 51.3 Å². The number of alkyl halides is 1. The zero-order valence-electron chi connectivity index (χ0n) is 11.4. The number of pyridine rings is 1. The highest BCUT2D eigenvalue weighted by Crippen LogP contribution is 2.30. The molecule has 21 heavy (non-hydrogen) atoms. The second kappa shape index (κ2) is 5.59. The van der Waals surface area contributed by atoms with Crippen LogP contribution in [0.25, 0.3) is 16.9 Å². The van der Waals surface area contributed by atoms with Crippen LogP contribution in [0.15, 0.2) is 34.9 Å². The van der Waals surface area contributed by atoms with Crippen LogP contribution in [0.3, 0.4) is 0 Å². The Kier molecular flexibility index (Phi) is 3.95. The van der Waals surface area contributed by atoms with Crippen molar-refractivity contribution in [2.75, 3.05) is 0 Å². The van der Waals surface area contributed by atoms with E-state index >= 15 is 0 Å². The van der Waals surface area contributed by atoms with E-state index in [-0.39, 0.29) is 5.38 Å². The van der Waals surface area contributed by atoms with Crippen LogP contribution < -0.4 is 0 Å². The molecule has 0 radical (unpaired) electrons. The number of nitrogens with zero attached hydrogens (tertiary/aromatic N) is 3. The molecule has 0 fully saturated rings. The Labute approximate surface area is 141 Å². The Morgan fingerprint density at radius 2 is 2.05 bits per heavy atom. The molecule has 0 spiro atoms. The number of aryl methyl sites for hydroxylation is 1. The van der Waals surface area contributed by atoms with Gasteiger partial charge in [0, 0.05) is 10.7 Å². The maximum Gasteiger partial charge on any atom is 0.164 e. The molecule has 1 unspecified atom stereocenters. The van der Waals surface area contributed by atoms with E-state index in [4.69, 9.17) is 23.2 Å². The third-order valence-corrected chi connectivity index (χ3v) is 4.14. The summed E-state index contributed by atoms with van der Waals surface area (Å²) in [7, 11) is 0. The number of benzene rings is 1. The Balaban J connectivity index is 2.36. The minimum atomic E-state index is -0.235. The van der Waals surface area contributed by atoms with E-state index in [2.05, 4.69) is 32.0 Å². The topological polar surface area (TPSA) is 30.7 Å². The molecule has 0 aliphatic carbocycles. The summed E-state index contributed by atoms with van der Waals surface area (Å²) in [6.45, 7) is 3.94. The normalized spacial score (nSPS) is 12.8. The summed E-state index contributed by atoms with van der Waals surface area (Å²) in [6.07, 6.45) is 1.62. The van der Waals surface area contributed by atoms with E-state index in [0.29, 0.717) is 5.02 Å². The molecule has 0 amide bonds. The number of halogens is 3. The smallest absolute Gasteiger partial charge is 0.164 e. The number of fused-ring (bicyclic) bond motifs is 1. The van der Waals surface area contributed by atoms with Crippen molar-refractivity contribution in [1.82, 2.24) is 14.5 Å². The van der Waals surface area contributed by atoms with Gasteiger partial charge >= 0.3 is 0 Å². The molecule has 0 saturated carbocycles. The summed E-state index contributed by atoms with van der Waals surface area (Å²) in [5.74, 6) is 0.756. The largest absolute Gasteiger partial charge is 0.279 e. The second-order valence-corrected chi connectivity index (χ2v) is 6.86. The van der Waals surface area contributed by atoms with Gasteiger partial charge in [-0.25, -0.2) is 9.97 Å². The summed E-state index contributed by atoms with van der Waals surface area (Å²) in [6, 6.07) is 7.88. The van der Waals surface area contributed by atoms with E-state index in [0.717, 1.165) is 32.7 Å². The molecule has 0 aliphatic heterocycles. The molecule has 0 bridgehead atoms. The highest BCUT2D eigenvalue weighted by atomic mass is 79.9. The molecule has 1 atom stereocenters. The van der Waals surface area contributed by atoms with Crippen LogP contribution in [0.1, 0.15) is 23.7 Å². The van der Waals surface area contributed by atoms with Gasteiger partial charge in [0.25, 0.3) is 0 Å². The first-order valence-electron chi connectivity index (χ1n) is 6.42. The van der Waals surface area contributed by atoms with Crippen molar-refractivity contribution >= 4 is 50.3 Å². The fraction of sp³-hybridized carbons (Fsp3) is 0.200. The van der Waals surface area contributed by atoms with E-state index in [1.54, 1.807) is 12.3 Å². The first-order chi connectivity index (χ1) is 9.97. The van der Waals surface area contributed by atoms with Crippen molar-refractivity contribution in [1.29, 1.82) is 0 Å². The van der Waals surface area contributed by atoms with Gasteiger partial charge in [0.05, 0.1) is 16.1 Å². The molecule has 3 aromatic rings. The van der Waals surface area contributed by atoms with Crippen LogP contribution >= 0.6 is 39.1 Å². The standard InChI is InChI=1S/C15H12BrCl2N3/c1-8-5-10(16)3-4-13(8)21-14(9(2)17)20-12-6-11(18)7-19-15(12)21/h3-7,9H,1-2H3. The van der Waals surface area contributed by atoms with Crippen LogP contribution in [0.2, 0.25) is 5.02 Å². The van der Waals surface area contributed by atoms with Crippen molar-refractivity contribution < 1.29 is 0 Å². The molecule has 2 aromatic heterocycles. The van der Waals surface area contributed by atoms with E-state index in [9.17, 15) is 0 Å². The number of rotatable bonds is 2. The van der Waals surface area contributed by atoms with Crippen molar-refractivity contribution in [2.24, 2.45) is 0 Å². The lowest BCUT2D eigenvalue weighted by Gasteiger charge is -2.13. The first-order valence-corrected chi connectivity index (χ1v) is 8.02. The Bertz CT molecular complexity index is 827. The van der Waals surface area contributed by atoms with Gasteiger partial charge in [-0.05, 0) is 43.7 Å². The average molecular weight is 385 g/mol. The molecule has 3 rings (SSSR count). The predicted molar refractivity (Wildman–Crippen MR) is 90.6 cm³/mol. The van der Waals surface area contributed by atoms with E-state index < -0.39 is 0 Å². The minimum Gasteiger partial charge on any atom is -0.279 e. The molecule has 0 N–H and O–H groups in total. The summed E-state index contributed by atoms with van der Waals surface area (Å²) in [5, 5.41) is 0.328. The fourth-order valence-corrected chi connectivity index (χ4v) is 3.11. The lowest BCUT2D eigenvalue weighted by atomic mass is 10.2. The van der Waals surface area contributed by atoms with Crippen LogP contribution in [0.4, 0.5) is 0 Å². The zero-order chi connectivity index (χ0) is 15.1. The molecule has 3 nitrogen and oxygen atoms in total. The SMILES string of the molecule is Cc1cc(Br)ccc1-n1c(C(C)Cl)nc2cc(Cl)cnc21. The highest BCUT2D eigenvalue weighted by Gasteiger charge is 2.18. The first kappa shape index (κ1) is 14.8. The minimum absolute atomic E-state index is 0.235. The number of aromatic nitrogens is 3. The Morgan fingerprint density at radius 1 is 1.29 bits per heavy atom. The van der Waals surface area contributed by atoms with Gasteiger partial charge in [-0.15, -0.1) is 11.6 Å². The van der Waals surface area contributed by atoms with Crippen LogP contribution in [-0.2, 0) is 0 Å². The van der Waals surface area contributed by atoms with Crippen molar-refractivity contribution in [2.45, 2.75) is 19.2 Å². The quantitative estimate of drug-likeness (QED) is 0.550. The van der Waals surface area contributed by atoms with Crippen molar-refractivity contribution in [3.63, 3.8) is 0 Å². The van der Waals surface area contributed by atoms with Crippen molar-refractivity contribution in [3.8, 4) is 5.69 Å². The zero-order valence-corrected chi connectivity index (χ0v) is 14.5. The second-order valence-electron chi connectivity index (χ2n) is 4.85. The molecular formula is C15H12BrCl2N3. The number of imidazole rings is 1. The molecule has 6 heteroatoms. The molecule has 0 saturated heterocycles. The van der Waals surface area contributed by atoms with E-state index in [1.165, 1.54) is 0 Å². The Hall–Kier alpha value is -1.10. The van der Waals surface area contributed by atoms with Crippen LogP contribution in [0.5, 0.6) is 0 Å². The number of hydrogen-bond acceptors (Lipinski definition) is 2. The predicted octanol–water partition coefficient (Wildman–Crippen LogP) is 5.44. The summed E-state index contributed by atoms with van der Waals surface area (Å²) in [4.78, 5) is 9.01. The number of hydrogen-bond donors (Lipinski definition) is 0. The third-order valence-electron chi connectivity index (χ3n) is 3.25.